The Morgan fingerprint density at radius 3 is 2.59 bits per heavy atom. The number of carbonyl (C=O) groups is 1. The first-order chi connectivity index (χ1) is 14.1. The summed E-state index contributed by atoms with van der Waals surface area (Å²) in [5.41, 5.74) is 2.51. The Balaban J connectivity index is 1.59. The van der Waals surface area contributed by atoms with Gasteiger partial charge in [0.05, 0.1) is 25.5 Å². The van der Waals surface area contributed by atoms with E-state index in [-0.39, 0.29) is 11.7 Å². The first-order valence-corrected chi connectivity index (χ1v) is 10.2. The number of carbonyl (C=O) groups excluding carboxylic acids is 1. The fraction of sp³-hybridized carbons (Fsp3) is 0.500. The van der Waals surface area contributed by atoms with E-state index in [4.69, 9.17) is 14.5 Å². The quantitative estimate of drug-likeness (QED) is 0.769. The summed E-state index contributed by atoms with van der Waals surface area (Å²) in [5, 5.41) is 0. The summed E-state index contributed by atoms with van der Waals surface area (Å²) in [4.78, 5) is 26.8. The maximum atomic E-state index is 12.8. The first kappa shape index (κ1) is 19.6. The van der Waals surface area contributed by atoms with Crippen molar-refractivity contribution in [1.82, 2.24) is 14.9 Å². The number of piperazine rings is 1. The van der Waals surface area contributed by atoms with Gasteiger partial charge in [0.15, 0.2) is 5.78 Å². The van der Waals surface area contributed by atoms with Crippen LogP contribution in [0, 0.1) is 0 Å². The van der Waals surface area contributed by atoms with Crippen molar-refractivity contribution in [3.05, 3.63) is 41.2 Å². The molecule has 1 aromatic heterocycles. The van der Waals surface area contributed by atoms with Gasteiger partial charge in [-0.1, -0.05) is 13.0 Å². The number of Topliss-reactive ketones (excluding diaryl/α,β-unsaturated/α-hetero) is 1. The molecular weight excluding hydrogens is 368 g/mol. The molecule has 0 N–H and O–H groups in total. The van der Waals surface area contributed by atoms with E-state index < -0.39 is 0 Å². The maximum Gasteiger partial charge on any atom is 0.225 e. The van der Waals surface area contributed by atoms with E-state index in [0.717, 1.165) is 61.4 Å². The lowest BCUT2D eigenvalue weighted by atomic mass is 9.82. The molecule has 1 fully saturated rings. The van der Waals surface area contributed by atoms with Crippen LogP contribution in [0.3, 0.4) is 0 Å². The van der Waals surface area contributed by atoms with Crippen LogP contribution in [0.1, 0.15) is 40.9 Å². The number of ether oxygens (including phenoxy) is 2. The van der Waals surface area contributed by atoms with Crippen LogP contribution in [0.25, 0.3) is 0 Å². The van der Waals surface area contributed by atoms with Crippen molar-refractivity contribution in [2.75, 3.05) is 51.8 Å². The molecule has 0 amide bonds. The molecule has 29 heavy (non-hydrogen) atoms. The summed E-state index contributed by atoms with van der Waals surface area (Å²) in [6.07, 6.45) is 2.86. The molecule has 0 bridgehead atoms. The van der Waals surface area contributed by atoms with E-state index in [2.05, 4.69) is 21.7 Å². The lowest BCUT2D eigenvalue weighted by Crippen LogP contribution is -2.46. The number of anilines is 1. The van der Waals surface area contributed by atoms with Gasteiger partial charge >= 0.3 is 0 Å². The SMILES string of the molecule is CCN1CCN(c2ncc3c(n2)C[C@@H](c2ccc(OC)cc2OC)CC3=O)CC1. The number of fused-ring (bicyclic) bond motifs is 1. The Kier molecular flexibility index (Phi) is 5.67. The average Bonchev–Trinajstić information content (AvgIpc) is 2.78. The van der Waals surface area contributed by atoms with E-state index in [1.165, 1.54) is 0 Å². The largest absolute Gasteiger partial charge is 0.497 e. The third-order valence-corrected chi connectivity index (χ3v) is 6.01. The molecule has 1 aliphatic carbocycles. The van der Waals surface area contributed by atoms with Gasteiger partial charge in [0.1, 0.15) is 11.5 Å². The topological polar surface area (TPSA) is 67.8 Å². The minimum atomic E-state index is 0.0375. The molecule has 7 heteroatoms. The van der Waals surface area contributed by atoms with Gasteiger partial charge in [-0.3, -0.25) is 4.79 Å². The molecule has 1 saturated heterocycles. The fourth-order valence-corrected chi connectivity index (χ4v) is 4.23. The molecule has 0 radical (unpaired) electrons. The van der Waals surface area contributed by atoms with Crippen LogP contribution in [0.5, 0.6) is 11.5 Å². The summed E-state index contributed by atoms with van der Waals surface area (Å²) in [7, 11) is 3.28. The smallest absolute Gasteiger partial charge is 0.225 e. The fourth-order valence-electron chi connectivity index (χ4n) is 4.23. The first-order valence-electron chi connectivity index (χ1n) is 10.2. The number of ketones is 1. The molecule has 0 unspecified atom stereocenters. The zero-order valence-electron chi connectivity index (χ0n) is 17.4. The number of likely N-dealkylation sites (N-methyl/N-ethyl adjacent to an activating group) is 1. The summed E-state index contributed by atoms with van der Waals surface area (Å²) in [6, 6.07) is 5.77. The number of hydrogen-bond acceptors (Lipinski definition) is 7. The van der Waals surface area contributed by atoms with Crippen molar-refractivity contribution >= 4 is 11.7 Å². The molecule has 1 aliphatic heterocycles. The van der Waals surface area contributed by atoms with Crippen molar-refractivity contribution in [1.29, 1.82) is 0 Å². The van der Waals surface area contributed by atoms with E-state index >= 15 is 0 Å². The molecule has 2 aliphatic rings. The average molecular weight is 396 g/mol. The molecule has 154 valence electrons. The highest BCUT2D eigenvalue weighted by molar-refractivity contribution is 5.98. The molecule has 0 spiro atoms. The van der Waals surface area contributed by atoms with Gasteiger partial charge in [-0.15, -0.1) is 0 Å². The Bertz CT molecular complexity index is 894. The number of hydrogen-bond donors (Lipinski definition) is 0. The van der Waals surface area contributed by atoms with Gasteiger partial charge in [0.2, 0.25) is 5.95 Å². The van der Waals surface area contributed by atoms with Crippen molar-refractivity contribution in [2.24, 2.45) is 0 Å². The highest BCUT2D eigenvalue weighted by Crippen LogP contribution is 2.38. The monoisotopic (exact) mass is 396 g/mol. The van der Waals surface area contributed by atoms with Crippen LogP contribution >= 0.6 is 0 Å². The van der Waals surface area contributed by atoms with Gasteiger partial charge in [0, 0.05) is 50.8 Å². The second-order valence-corrected chi connectivity index (χ2v) is 7.59. The van der Waals surface area contributed by atoms with Crippen LogP contribution in [0.4, 0.5) is 5.95 Å². The normalized spacial score (nSPS) is 19.8. The van der Waals surface area contributed by atoms with Crippen molar-refractivity contribution in [3.8, 4) is 11.5 Å². The standard InChI is InChI=1S/C22H28N4O3/c1-4-25-7-9-26(10-8-25)22-23-14-18-19(24-22)11-15(12-20(18)27)17-6-5-16(28-2)13-21(17)29-3/h5-6,13-15H,4,7-12H2,1-3H3/t15-/m1/s1. The van der Waals surface area contributed by atoms with Crippen molar-refractivity contribution in [2.45, 2.75) is 25.7 Å². The molecule has 1 aromatic carbocycles. The van der Waals surface area contributed by atoms with Crippen molar-refractivity contribution < 1.29 is 14.3 Å². The number of aromatic nitrogens is 2. The zero-order chi connectivity index (χ0) is 20.4. The molecule has 1 atom stereocenters. The minimum Gasteiger partial charge on any atom is -0.497 e. The number of methoxy groups -OCH3 is 2. The van der Waals surface area contributed by atoms with Gasteiger partial charge in [-0.05, 0) is 24.6 Å². The summed E-state index contributed by atoms with van der Waals surface area (Å²) in [6.45, 7) is 7.11. The molecule has 2 aromatic rings. The maximum absolute atomic E-state index is 12.8. The summed E-state index contributed by atoms with van der Waals surface area (Å²) in [5.74, 6) is 2.35. The lowest BCUT2D eigenvalue weighted by Gasteiger charge is -2.34. The van der Waals surface area contributed by atoms with Crippen molar-refractivity contribution in [3.63, 3.8) is 0 Å². The van der Waals surface area contributed by atoms with E-state index in [1.54, 1.807) is 20.4 Å². The van der Waals surface area contributed by atoms with Crippen LogP contribution in [0.15, 0.2) is 24.4 Å². The molecule has 4 rings (SSSR count). The summed E-state index contributed by atoms with van der Waals surface area (Å²) < 4.78 is 10.9. The number of nitrogens with zero attached hydrogens (tertiary/aromatic N) is 4. The van der Waals surface area contributed by atoms with Crippen LogP contribution < -0.4 is 14.4 Å². The predicted octanol–water partition coefficient (Wildman–Crippen LogP) is 2.55. The Morgan fingerprint density at radius 1 is 1.10 bits per heavy atom. The van der Waals surface area contributed by atoms with E-state index in [9.17, 15) is 4.79 Å². The zero-order valence-corrected chi connectivity index (χ0v) is 17.4. The number of benzene rings is 1. The predicted molar refractivity (Wildman–Crippen MR) is 111 cm³/mol. The lowest BCUT2D eigenvalue weighted by molar-refractivity contribution is 0.0962. The van der Waals surface area contributed by atoms with Gasteiger partial charge in [-0.25, -0.2) is 9.97 Å². The number of rotatable bonds is 5. The molecular formula is C22H28N4O3. The van der Waals surface area contributed by atoms with Crippen LogP contribution in [-0.4, -0.2) is 67.6 Å². The highest BCUT2D eigenvalue weighted by Gasteiger charge is 2.30. The van der Waals surface area contributed by atoms with E-state index in [1.807, 2.05) is 18.2 Å². The second-order valence-electron chi connectivity index (χ2n) is 7.59. The third-order valence-electron chi connectivity index (χ3n) is 6.01. The Hall–Kier alpha value is -2.67. The summed E-state index contributed by atoms with van der Waals surface area (Å²) >= 11 is 0. The molecule has 2 heterocycles. The van der Waals surface area contributed by atoms with E-state index in [0.29, 0.717) is 18.4 Å². The minimum absolute atomic E-state index is 0.0375. The second kappa shape index (κ2) is 8.37. The van der Waals surface area contributed by atoms with Crippen LogP contribution in [-0.2, 0) is 6.42 Å². The van der Waals surface area contributed by atoms with Gasteiger partial charge in [-0.2, -0.15) is 0 Å². The Labute approximate surface area is 171 Å². The van der Waals surface area contributed by atoms with Crippen LogP contribution in [0.2, 0.25) is 0 Å². The Morgan fingerprint density at radius 2 is 1.90 bits per heavy atom. The third kappa shape index (κ3) is 3.92. The highest BCUT2D eigenvalue weighted by atomic mass is 16.5. The van der Waals surface area contributed by atoms with Gasteiger partial charge in [0.25, 0.3) is 0 Å². The molecule has 7 nitrogen and oxygen atoms in total. The van der Waals surface area contributed by atoms with Gasteiger partial charge < -0.3 is 19.3 Å². The molecule has 0 saturated carbocycles.